The van der Waals surface area contributed by atoms with Crippen molar-refractivity contribution < 1.29 is 23.0 Å². The molecule has 6 heteroatoms. The molecular weight excluding hydrogens is 280 g/mol. The fourth-order valence-corrected chi connectivity index (χ4v) is 2.00. The van der Waals surface area contributed by atoms with Crippen molar-refractivity contribution in [1.29, 1.82) is 0 Å². The number of anilines is 1. The van der Waals surface area contributed by atoms with Gasteiger partial charge in [0.2, 0.25) is 0 Å². The van der Waals surface area contributed by atoms with E-state index in [0.717, 1.165) is 6.07 Å². The summed E-state index contributed by atoms with van der Waals surface area (Å²) in [7, 11) is 0. The Hall–Kier alpha value is -2.63. The van der Waals surface area contributed by atoms with Gasteiger partial charge in [-0.15, -0.1) is 0 Å². The van der Waals surface area contributed by atoms with E-state index in [1.54, 1.807) is 18.2 Å². The summed E-state index contributed by atoms with van der Waals surface area (Å²) in [6.45, 7) is 0.885. The number of halogens is 2. The van der Waals surface area contributed by atoms with Crippen LogP contribution in [-0.2, 0) is 0 Å². The zero-order valence-electron chi connectivity index (χ0n) is 10.9. The van der Waals surface area contributed by atoms with Crippen LogP contribution in [0.25, 0.3) is 0 Å². The zero-order chi connectivity index (χ0) is 14.8. The lowest BCUT2D eigenvalue weighted by Crippen LogP contribution is -2.17. The van der Waals surface area contributed by atoms with Gasteiger partial charge in [-0.05, 0) is 24.3 Å². The molecule has 1 N–H and O–H groups in total. The van der Waals surface area contributed by atoms with E-state index in [4.69, 9.17) is 9.47 Å². The second kappa shape index (κ2) is 5.40. The van der Waals surface area contributed by atoms with Crippen LogP contribution in [0.5, 0.6) is 11.5 Å². The molecule has 21 heavy (non-hydrogen) atoms. The summed E-state index contributed by atoms with van der Waals surface area (Å²) in [5, 5.41) is 2.50. The van der Waals surface area contributed by atoms with Crippen LogP contribution in [0.1, 0.15) is 10.4 Å². The van der Waals surface area contributed by atoms with Gasteiger partial charge in [0.25, 0.3) is 5.91 Å². The highest BCUT2D eigenvalue weighted by molar-refractivity contribution is 6.04. The van der Waals surface area contributed by atoms with Crippen LogP contribution in [0.3, 0.4) is 0 Å². The first-order valence-electron chi connectivity index (χ1n) is 6.30. The molecule has 4 nitrogen and oxygen atoms in total. The van der Waals surface area contributed by atoms with Crippen molar-refractivity contribution in [2.24, 2.45) is 0 Å². The lowest BCUT2D eigenvalue weighted by atomic mass is 10.2. The van der Waals surface area contributed by atoms with E-state index in [0.29, 0.717) is 30.4 Å². The first-order valence-corrected chi connectivity index (χ1v) is 6.30. The van der Waals surface area contributed by atoms with Gasteiger partial charge in [0.15, 0.2) is 23.1 Å². The summed E-state index contributed by atoms with van der Waals surface area (Å²) in [5.74, 6) is -1.89. The highest BCUT2D eigenvalue weighted by Crippen LogP contribution is 2.32. The van der Waals surface area contributed by atoms with Gasteiger partial charge in [-0.3, -0.25) is 4.79 Å². The molecule has 0 radical (unpaired) electrons. The molecule has 0 saturated heterocycles. The molecule has 0 fully saturated rings. The maximum Gasteiger partial charge on any atom is 0.258 e. The van der Waals surface area contributed by atoms with E-state index in [2.05, 4.69) is 5.32 Å². The molecule has 0 unspecified atom stereocenters. The molecule has 0 spiro atoms. The second-order valence-corrected chi connectivity index (χ2v) is 4.41. The molecule has 1 amide bonds. The lowest BCUT2D eigenvalue weighted by Gasteiger charge is -2.19. The first kappa shape index (κ1) is 13.4. The van der Waals surface area contributed by atoms with Crippen molar-refractivity contribution in [1.82, 2.24) is 0 Å². The van der Waals surface area contributed by atoms with Crippen molar-refractivity contribution >= 4 is 11.6 Å². The Bertz CT molecular complexity index is 703. The molecule has 1 aliphatic rings. The summed E-state index contributed by atoms with van der Waals surface area (Å²) in [5.41, 5.74) is 0.0535. The quantitative estimate of drug-likeness (QED) is 0.925. The van der Waals surface area contributed by atoms with Gasteiger partial charge >= 0.3 is 0 Å². The molecule has 0 atom stereocenters. The summed E-state index contributed by atoms with van der Waals surface area (Å²) >= 11 is 0. The normalized spacial score (nSPS) is 12.9. The molecule has 0 saturated carbocycles. The van der Waals surface area contributed by atoms with Crippen LogP contribution in [0, 0.1) is 11.6 Å². The minimum Gasteiger partial charge on any atom is -0.486 e. The van der Waals surface area contributed by atoms with Crippen molar-refractivity contribution in [3.8, 4) is 11.5 Å². The number of nitrogens with one attached hydrogen (secondary N) is 1. The third kappa shape index (κ3) is 2.65. The molecule has 108 valence electrons. The van der Waals surface area contributed by atoms with E-state index in [-0.39, 0.29) is 5.56 Å². The van der Waals surface area contributed by atoms with Crippen molar-refractivity contribution in [3.05, 3.63) is 53.6 Å². The highest BCUT2D eigenvalue weighted by Gasteiger charge is 2.17. The van der Waals surface area contributed by atoms with E-state index in [9.17, 15) is 13.6 Å². The highest BCUT2D eigenvalue weighted by atomic mass is 19.2. The van der Waals surface area contributed by atoms with Gasteiger partial charge in [0.05, 0.1) is 5.56 Å². The van der Waals surface area contributed by atoms with E-state index < -0.39 is 17.5 Å². The van der Waals surface area contributed by atoms with Crippen LogP contribution >= 0.6 is 0 Å². The second-order valence-electron chi connectivity index (χ2n) is 4.41. The van der Waals surface area contributed by atoms with Crippen LogP contribution in [-0.4, -0.2) is 19.1 Å². The number of carbonyl (C=O) groups excluding carboxylic acids is 1. The molecule has 0 aliphatic carbocycles. The Morgan fingerprint density at radius 1 is 1.05 bits per heavy atom. The predicted octanol–water partition coefficient (Wildman–Crippen LogP) is 2.99. The number of hydrogen-bond acceptors (Lipinski definition) is 3. The fourth-order valence-electron chi connectivity index (χ4n) is 2.00. The average molecular weight is 291 g/mol. The van der Waals surface area contributed by atoms with Crippen LogP contribution < -0.4 is 14.8 Å². The van der Waals surface area contributed by atoms with Gasteiger partial charge in [-0.2, -0.15) is 0 Å². The number of fused-ring (bicyclic) bond motifs is 1. The number of amides is 1. The van der Waals surface area contributed by atoms with Crippen LogP contribution in [0.15, 0.2) is 36.4 Å². The molecule has 1 aliphatic heterocycles. The van der Waals surface area contributed by atoms with E-state index in [1.165, 1.54) is 12.1 Å². The largest absolute Gasteiger partial charge is 0.486 e. The summed E-state index contributed by atoms with van der Waals surface area (Å²) < 4.78 is 37.4. The third-order valence-corrected chi connectivity index (χ3v) is 3.00. The maximum atomic E-state index is 13.5. The minimum atomic E-state index is -1.17. The monoisotopic (exact) mass is 291 g/mol. The van der Waals surface area contributed by atoms with Crippen molar-refractivity contribution in [2.45, 2.75) is 0 Å². The minimum absolute atomic E-state index is 0.357. The number of rotatable bonds is 2. The Kier molecular flexibility index (Phi) is 3.43. The summed E-state index contributed by atoms with van der Waals surface area (Å²) in [6, 6.07) is 8.26. The third-order valence-electron chi connectivity index (χ3n) is 3.00. The Balaban J connectivity index is 1.83. The zero-order valence-corrected chi connectivity index (χ0v) is 10.9. The summed E-state index contributed by atoms with van der Waals surface area (Å²) in [4.78, 5) is 12.0. The molecule has 0 bridgehead atoms. The molecule has 0 aromatic heterocycles. The molecule has 2 aromatic carbocycles. The van der Waals surface area contributed by atoms with Gasteiger partial charge < -0.3 is 14.8 Å². The van der Waals surface area contributed by atoms with E-state index >= 15 is 0 Å². The molecule has 2 aromatic rings. The lowest BCUT2D eigenvalue weighted by molar-refractivity contribution is 0.102. The van der Waals surface area contributed by atoms with Gasteiger partial charge in [-0.25, -0.2) is 8.78 Å². The number of benzene rings is 2. The molecule has 3 rings (SSSR count). The van der Waals surface area contributed by atoms with Crippen LogP contribution in [0.2, 0.25) is 0 Å². The van der Waals surface area contributed by atoms with Gasteiger partial charge in [0.1, 0.15) is 13.2 Å². The van der Waals surface area contributed by atoms with Gasteiger partial charge in [0, 0.05) is 11.8 Å². The summed E-state index contributed by atoms with van der Waals surface area (Å²) in [6.07, 6.45) is 0. The van der Waals surface area contributed by atoms with Gasteiger partial charge in [-0.1, -0.05) is 6.07 Å². The van der Waals surface area contributed by atoms with E-state index in [1.807, 2.05) is 0 Å². The number of hydrogen-bond donors (Lipinski definition) is 1. The predicted molar refractivity (Wildman–Crippen MR) is 71.7 cm³/mol. The Labute approximate surface area is 119 Å². The fraction of sp³-hybridized carbons (Fsp3) is 0.133. The standard InChI is InChI=1S/C15H11F2NO3/c16-11-3-1-2-10(14(11)17)15(19)18-9-4-5-12-13(8-9)21-7-6-20-12/h1-5,8H,6-7H2,(H,18,19). The van der Waals surface area contributed by atoms with Crippen molar-refractivity contribution in [3.63, 3.8) is 0 Å². The number of ether oxygens (including phenoxy) is 2. The molecule has 1 heterocycles. The topological polar surface area (TPSA) is 47.6 Å². The average Bonchev–Trinajstić information content (AvgIpc) is 2.50. The smallest absolute Gasteiger partial charge is 0.258 e. The molecular formula is C15H11F2NO3. The Morgan fingerprint density at radius 2 is 1.81 bits per heavy atom. The maximum absolute atomic E-state index is 13.5. The Morgan fingerprint density at radius 3 is 2.62 bits per heavy atom. The first-order chi connectivity index (χ1) is 10.1. The van der Waals surface area contributed by atoms with Crippen LogP contribution in [0.4, 0.5) is 14.5 Å². The SMILES string of the molecule is O=C(Nc1ccc2c(c1)OCCO2)c1cccc(F)c1F. The number of carbonyl (C=O) groups is 1. The van der Waals surface area contributed by atoms with Crippen molar-refractivity contribution in [2.75, 3.05) is 18.5 Å².